The molecule has 5 nitrogen and oxygen atoms in total. The predicted molar refractivity (Wildman–Crippen MR) is 102 cm³/mol. The Morgan fingerprint density at radius 1 is 1.04 bits per heavy atom. The average Bonchev–Trinajstić information content (AvgIpc) is 2.73. The zero-order valence-corrected chi connectivity index (χ0v) is 15.1. The highest BCUT2D eigenvalue weighted by atomic mass is 16.5. The second-order valence-electron chi connectivity index (χ2n) is 6.12. The lowest BCUT2D eigenvalue weighted by molar-refractivity contribution is 0.0727. The van der Waals surface area contributed by atoms with Gasteiger partial charge in [0.05, 0.1) is 35.3 Å². The summed E-state index contributed by atoms with van der Waals surface area (Å²) in [7, 11) is 0. The van der Waals surface area contributed by atoms with E-state index in [4.69, 9.17) is 10.00 Å². The van der Waals surface area contributed by atoms with Crippen molar-refractivity contribution in [2.24, 2.45) is 0 Å². The Kier molecular flexibility index (Phi) is 5.91. The van der Waals surface area contributed by atoms with Gasteiger partial charge in [0.1, 0.15) is 0 Å². The SMILES string of the molecule is CCCCc1ccc(C(=O)Oc2cnc(-c3ccc(C#N)cc3)cn2)cc1. The number of carbonyl (C=O) groups excluding carboxylic acids is 1. The Labute approximate surface area is 158 Å². The van der Waals surface area contributed by atoms with Gasteiger partial charge in [0, 0.05) is 5.56 Å². The molecular weight excluding hydrogens is 338 g/mol. The molecule has 3 aromatic rings. The Bertz CT molecular complexity index is 941. The molecular formula is C22H19N3O2. The lowest BCUT2D eigenvalue weighted by atomic mass is 10.1. The number of nitriles is 1. The van der Waals surface area contributed by atoms with Gasteiger partial charge in [0.25, 0.3) is 0 Å². The summed E-state index contributed by atoms with van der Waals surface area (Å²) in [5, 5.41) is 8.84. The van der Waals surface area contributed by atoms with Crippen LogP contribution in [0.5, 0.6) is 5.88 Å². The van der Waals surface area contributed by atoms with Crippen LogP contribution in [0.4, 0.5) is 0 Å². The zero-order chi connectivity index (χ0) is 19.1. The number of unbranched alkanes of at least 4 members (excludes halogenated alkanes) is 1. The minimum absolute atomic E-state index is 0.146. The molecule has 0 spiro atoms. The van der Waals surface area contributed by atoms with Crippen LogP contribution in [-0.4, -0.2) is 15.9 Å². The van der Waals surface area contributed by atoms with Crippen LogP contribution in [-0.2, 0) is 6.42 Å². The maximum Gasteiger partial charge on any atom is 0.344 e. The molecule has 0 amide bonds. The third-order valence-corrected chi connectivity index (χ3v) is 4.14. The van der Waals surface area contributed by atoms with E-state index in [1.807, 2.05) is 12.1 Å². The maximum atomic E-state index is 12.2. The first kappa shape index (κ1) is 18.3. The van der Waals surface area contributed by atoms with Crippen molar-refractivity contribution in [1.82, 2.24) is 9.97 Å². The molecule has 0 N–H and O–H groups in total. The normalized spacial score (nSPS) is 10.2. The maximum absolute atomic E-state index is 12.2. The number of carbonyl (C=O) groups is 1. The van der Waals surface area contributed by atoms with Gasteiger partial charge in [-0.05, 0) is 42.7 Å². The lowest BCUT2D eigenvalue weighted by Gasteiger charge is -2.06. The molecule has 1 heterocycles. The number of esters is 1. The standard InChI is InChI=1S/C22H19N3O2/c1-2-3-4-16-5-11-19(12-6-16)22(26)27-21-15-24-20(14-25-21)18-9-7-17(13-23)8-10-18/h5-12,14-15H,2-4H2,1H3. The van der Waals surface area contributed by atoms with Crippen LogP contribution >= 0.6 is 0 Å². The molecule has 27 heavy (non-hydrogen) atoms. The molecule has 0 unspecified atom stereocenters. The first-order chi connectivity index (χ1) is 13.2. The Morgan fingerprint density at radius 2 is 1.78 bits per heavy atom. The van der Waals surface area contributed by atoms with Gasteiger partial charge in [-0.1, -0.05) is 37.6 Å². The first-order valence-electron chi connectivity index (χ1n) is 8.83. The Hall–Kier alpha value is -3.52. The quantitative estimate of drug-likeness (QED) is 0.604. The molecule has 5 heteroatoms. The molecule has 0 fully saturated rings. The van der Waals surface area contributed by atoms with Crippen molar-refractivity contribution in [2.45, 2.75) is 26.2 Å². The first-order valence-corrected chi connectivity index (χ1v) is 8.83. The van der Waals surface area contributed by atoms with E-state index in [-0.39, 0.29) is 5.88 Å². The molecule has 3 rings (SSSR count). The fraction of sp³-hybridized carbons (Fsp3) is 0.182. The van der Waals surface area contributed by atoms with Crippen molar-refractivity contribution in [1.29, 1.82) is 5.26 Å². The summed E-state index contributed by atoms with van der Waals surface area (Å²) in [4.78, 5) is 20.7. The summed E-state index contributed by atoms with van der Waals surface area (Å²) in [5.41, 5.74) is 3.74. The van der Waals surface area contributed by atoms with E-state index in [2.05, 4.69) is 23.0 Å². The molecule has 0 aliphatic rings. The van der Waals surface area contributed by atoms with Crippen molar-refractivity contribution < 1.29 is 9.53 Å². The van der Waals surface area contributed by atoms with Gasteiger partial charge in [-0.25, -0.2) is 14.8 Å². The van der Waals surface area contributed by atoms with Crippen LogP contribution < -0.4 is 4.74 Å². The second kappa shape index (κ2) is 8.72. The molecule has 0 aliphatic heterocycles. The second-order valence-corrected chi connectivity index (χ2v) is 6.12. The third kappa shape index (κ3) is 4.77. The smallest absolute Gasteiger partial charge is 0.344 e. The molecule has 1 aromatic heterocycles. The molecule has 134 valence electrons. The molecule has 0 saturated heterocycles. The summed E-state index contributed by atoms with van der Waals surface area (Å²) >= 11 is 0. The van der Waals surface area contributed by atoms with E-state index in [0.29, 0.717) is 16.8 Å². The highest BCUT2D eigenvalue weighted by Gasteiger charge is 2.10. The van der Waals surface area contributed by atoms with E-state index in [9.17, 15) is 4.79 Å². The minimum Gasteiger partial charge on any atom is -0.402 e. The van der Waals surface area contributed by atoms with Crippen molar-refractivity contribution in [3.05, 3.63) is 77.6 Å². The number of nitrogens with zero attached hydrogens (tertiary/aromatic N) is 3. The molecule has 0 saturated carbocycles. The Balaban J connectivity index is 1.65. The van der Waals surface area contributed by atoms with Crippen LogP contribution in [0.2, 0.25) is 0 Å². The van der Waals surface area contributed by atoms with E-state index in [1.54, 1.807) is 36.4 Å². The van der Waals surface area contributed by atoms with Crippen molar-refractivity contribution in [2.75, 3.05) is 0 Å². The number of hydrogen-bond donors (Lipinski definition) is 0. The fourth-order valence-electron chi connectivity index (χ4n) is 2.58. The van der Waals surface area contributed by atoms with Crippen molar-refractivity contribution >= 4 is 5.97 Å². The van der Waals surface area contributed by atoms with Crippen LogP contribution in [0.15, 0.2) is 60.9 Å². The van der Waals surface area contributed by atoms with E-state index in [0.717, 1.165) is 24.8 Å². The third-order valence-electron chi connectivity index (χ3n) is 4.14. The highest BCUT2D eigenvalue weighted by Crippen LogP contribution is 2.18. The lowest BCUT2D eigenvalue weighted by Crippen LogP contribution is -2.09. The van der Waals surface area contributed by atoms with E-state index >= 15 is 0 Å². The van der Waals surface area contributed by atoms with Gasteiger partial charge >= 0.3 is 5.97 Å². The topological polar surface area (TPSA) is 75.9 Å². The monoisotopic (exact) mass is 357 g/mol. The van der Waals surface area contributed by atoms with Gasteiger partial charge in [-0.2, -0.15) is 5.26 Å². The molecule has 0 radical (unpaired) electrons. The van der Waals surface area contributed by atoms with Crippen LogP contribution in [0.25, 0.3) is 11.3 Å². The summed E-state index contributed by atoms with van der Waals surface area (Å²) in [6, 6.07) is 16.5. The summed E-state index contributed by atoms with van der Waals surface area (Å²) in [6.07, 6.45) is 6.24. The number of ether oxygens (including phenoxy) is 1. The van der Waals surface area contributed by atoms with Crippen molar-refractivity contribution in [3.8, 4) is 23.2 Å². The van der Waals surface area contributed by atoms with Crippen LogP contribution in [0, 0.1) is 11.3 Å². The van der Waals surface area contributed by atoms with E-state index < -0.39 is 5.97 Å². The minimum atomic E-state index is -0.461. The van der Waals surface area contributed by atoms with E-state index in [1.165, 1.54) is 18.0 Å². The van der Waals surface area contributed by atoms with Gasteiger partial charge in [-0.3, -0.25) is 0 Å². The van der Waals surface area contributed by atoms with Gasteiger partial charge < -0.3 is 4.74 Å². The van der Waals surface area contributed by atoms with Crippen LogP contribution in [0.3, 0.4) is 0 Å². The fourth-order valence-corrected chi connectivity index (χ4v) is 2.58. The highest BCUT2D eigenvalue weighted by molar-refractivity contribution is 5.90. The van der Waals surface area contributed by atoms with Gasteiger partial charge in [0.15, 0.2) is 0 Å². The summed E-state index contributed by atoms with van der Waals surface area (Å²) < 4.78 is 5.29. The number of aromatic nitrogens is 2. The van der Waals surface area contributed by atoms with Gasteiger partial charge in [-0.15, -0.1) is 0 Å². The molecule has 2 aromatic carbocycles. The van der Waals surface area contributed by atoms with Crippen LogP contribution in [0.1, 0.15) is 41.3 Å². The van der Waals surface area contributed by atoms with Gasteiger partial charge in [0.2, 0.25) is 5.88 Å². The zero-order valence-electron chi connectivity index (χ0n) is 15.1. The molecule has 0 bridgehead atoms. The Morgan fingerprint density at radius 3 is 2.37 bits per heavy atom. The molecule has 0 atom stereocenters. The predicted octanol–water partition coefficient (Wildman–Crippen LogP) is 4.58. The number of hydrogen-bond acceptors (Lipinski definition) is 5. The largest absolute Gasteiger partial charge is 0.402 e. The average molecular weight is 357 g/mol. The summed E-state index contributed by atoms with van der Waals surface area (Å²) in [5.74, 6) is -0.315. The number of benzene rings is 2. The number of rotatable bonds is 6. The molecule has 0 aliphatic carbocycles. The summed E-state index contributed by atoms with van der Waals surface area (Å²) in [6.45, 7) is 2.15. The van der Waals surface area contributed by atoms with Crippen molar-refractivity contribution in [3.63, 3.8) is 0 Å². The number of aryl methyl sites for hydroxylation is 1.